The predicted octanol–water partition coefficient (Wildman–Crippen LogP) is 2.16. The summed E-state index contributed by atoms with van der Waals surface area (Å²) in [5.74, 6) is 0. The summed E-state index contributed by atoms with van der Waals surface area (Å²) >= 11 is 0. The maximum atomic E-state index is 9.84. The van der Waals surface area contributed by atoms with Crippen LogP contribution in [0.5, 0.6) is 0 Å². The van der Waals surface area contributed by atoms with Gasteiger partial charge >= 0.3 is 0 Å². The molecule has 0 aromatic rings. The Labute approximate surface area is 51.0 Å². The number of unbranched alkanes of at least 4 members (excludes halogenated alkanes) is 1. The van der Waals surface area contributed by atoms with Crippen molar-refractivity contribution in [3.05, 3.63) is 12.2 Å². The highest BCUT2D eigenvalue weighted by Gasteiger charge is 1.74. The molecular weight excluding hydrogens is 100 g/mol. The molecule has 0 aliphatic heterocycles. The minimum atomic E-state index is 0.0280. The summed E-state index contributed by atoms with van der Waals surface area (Å²) < 4.78 is 0. The highest BCUT2D eigenvalue weighted by Crippen LogP contribution is 1.89. The summed E-state index contributed by atoms with van der Waals surface area (Å²) in [6, 6.07) is 0. The molecule has 0 heterocycles. The monoisotopic (exact) mass is 113 g/mol. The maximum Gasteiger partial charge on any atom is 0.0856 e. The summed E-state index contributed by atoms with van der Waals surface area (Å²) in [5, 5.41) is 9.84. The Hall–Kier alpha value is -0.300. The molecule has 0 aromatic carbocycles. The normalized spacial score (nSPS) is 10.8. The molecule has 0 saturated heterocycles. The van der Waals surface area contributed by atoms with Gasteiger partial charge in [-0.05, 0) is 12.8 Å². The van der Waals surface area contributed by atoms with Crippen LogP contribution in [0.3, 0.4) is 0 Å². The van der Waals surface area contributed by atoms with Crippen molar-refractivity contribution >= 4 is 0 Å². The van der Waals surface area contributed by atoms with Gasteiger partial charge in [0.25, 0.3) is 0 Å². The second-order valence-corrected chi connectivity index (χ2v) is 1.75. The van der Waals surface area contributed by atoms with Crippen LogP contribution in [0.15, 0.2) is 12.2 Å². The van der Waals surface area contributed by atoms with Gasteiger partial charge in [-0.15, -0.1) is 0 Å². The van der Waals surface area contributed by atoms with E-state index < -0.39 is 0 Å². The smallest absolute Gasteiger partial charge is 0.0856 e. The van der Waals surface area contributed by atoms with Crippen molar-refractivity contribution in [1.29, 1.82) is 0 Å². The van der Waals surface area contributed by atoms with E-state index in [4.69, 9.17) is 0 Å². The molecule has 0 N–H and O–H groups in total. The summed E-state index contributed by atoms with van der Waals surface area (Å²) in [5.41, 5.74) is 0. The van der Waals surface area contributed by atoms with Crippen LogP contribution in [0.4, 0.5) is 0 Å². The van der Waals surface area contributed by atoms with Crippen LogP contribution in [0.2, 0.25) is 0 Å². The third kappa shape index (κ3) is 5.70. The van der Waals surface area contributed by atoms with Crippen molar-refractivity contribution in [3.8, 4) is 0 Å². The third-order valence-electron chi connectivity index (χ3n) is 0.907. The van der Waals surface area contributed by atoms with Gasteiger partial charge in [0.2, 0.25) is 0 Å². The van der Waals surface area contributed by atoms with E-state index in [9.17, 15) is 5.11 Å². The summed E-state index contributed by atoms with van der Waals surface area (Å²) in [7, 11) is 0. The van der Waals surface area contributed by atoms with Crippen LogP contribution in [-0.4, -0.2) is 6.61 Å². The molecule has 0 atom stereocenters. The predicted molar refractivity (Wildman–Crippen MR) is 34.2 cm³/mol. The summed E-state index contributed by atoms with van der Waals surface area (Å²) in [6.07, 6.45) is 7.00. The molecule has 8 heavy (non-hydrogen) atoms. The average Bonchev–Trinajstić information content (AvgIpc) is 1.81. The van der Waals surface area contributed by atoms with Gasteiger partial charge in [0.1, 0.15) is 0 Å². The first-order valence-corrected chi connectivity index (χ1v) is 3.15. The van der Waals surface area contributed by atoms with Crippen LogP contribution in [0.25, 0.3) is 0 Å². The minimum absolute atomic E-state index is 0.0280. The Morgan fingerprint density at radius 1 is 1.25 bits per heavy atom. The topological polar surface area (TPSA) is 19.9 Å². The van der Waals surface area contributed by atoms with E-state index in [1.165, 1.54) is 6.42 Å². The zero-order valence-corrected chi connectivity index (χ0v) is 5.39. The van der Waals surface area contributed by atoms with Gasteiger partial charge in [-0.25, -0.2) is 5.11 Å². The fourth-order valence-electron chi connectivity index (χ4n) is 0.470. The standard InChI is InChI=1S/C7H13O/c1-2-3-4-5-6-7-8/h4-5H,2-3,6-7H2,1H3/b5-4-. The molecule has 0 aromatic heterocycles. The van der Waals surface area contributed by atoms with E-state index in [0.717, 1.165) is 6.42 Å². The SMILES string of the molecule is CCC/C=C\CC[O]. The summed E-state index contributed by atoms with van der Waals surface area (Å²) in [6.45, 7) is 2.15. The molecule has 0 aliphatic rings. The van der Waals surface area contributed by atoms with E-state index in [1.807, 2.05) is 6.08 Å². The Balaban J connectivity index is 2.83. The molecule has 0 bridgehead atoms. The van der Waals surface area contributed by atoms with Crippen molar-refractivity contribution in [2.75, 3.05) is 6.61 Å². The number of rotatable bonds is 4. The lowest BCUT2D eigenvalue weighted by atomic mass is 10.3. The third-order valence-corrected chi connectivity index (χ3v) is 0.907. The van der Waals surface area contributed by atoms with E-state index in [1.54, 1.807) is 0 Å². The second-order valence-electron chi connectivity index (χ2n) is 1.75. The van der Waals surface area contributed by atoms with Crippen molar-refractivity contribution in [2.45, 2.75) is 26.2 Å². The molecule has 0 amide bonds. The van der Waals surface area contributed by atoms with E-state index in [0.29, 0.717) is 6.42 Å². The fraction of sp³-hybridized carbons (Fsp3) is 0.714. The van der Waals surface area contributed by atoms with Crippen LogP contribution < -0.4 is 0 Å². The number of hydrogen-bond acceptors (Lipinski definition) is 0. The number of allylic oxidation sites excluding steroid dienone is 1. The number of hydrogen-bond donors (Lipinski definition) is 0. The lowest BCUT2D eigenvalue weighted by Gasteiger charge is -1.82. The lowest BCUT2D eigenvalue weighted by Crippen LogP contribution is -1.72. The molecular formula is C7H13O. The zero-order chi connectivity index (χ0) is 6.24. The molecule has 0 aliphatic carbocycles. The van der Waals surface area contributed by atoms with Crippen molar-refractivity contribution in [2.24, 2.45) is 0 Å². The highest BCUT2D eigenvalue weighted by atomic mass is 16.2. The molecule has 0 unspecified atom stereocenters. The molecule has 0 spiro atoms. The van der Waals surface area contributed by atoms with Gasteiger partial charge in [0.05, 0.1) is 6.61 Å². The molecule has 0 fully saturated rings. The first kappa shape index (κ1) is 7.70. The Morgan fingerprint density at radius 2 is 1.88 bits per heavy atom. The maximum absolute atomic E-state index is 9.84. The zero-order valence-electron chi connectivity index (χ0n) is 5.39. The van der Waals surface area contributed by atoms with Gasteiger partial charge in [-0.3, -0.25) is 0 Å². The average molecular weight is 113 g/mol. The first-order chi connectivity index (χ1) is 3.91. The summed E-state index contributed by atoms with van der Waals surface area (Å²) in [4.78, 5) is 0. The molecule has 0 saturated carbocycles. The fourth-order valence-corrected chi connectivity index (χ4v) is 0.470. The van der Waals surface area contributed by atoms with Crippen molar-refractivity contribution < 1.29 is 5.11 Å². The minimum Gasteiger partial charge on any atom is -0.236 e. The van der Waals surface area contributed by atoms with E-state index in [-0.39, 0.29) is 6.61 Å². The van der Waals surface area contributed by atoms with Crippen LogP contribution in [-0.2, 0) is 5.11 Å². The van der Waals surface area contributed by atoms with Crippen molar-refractivity contribution in [3.63, 3.8) is 0 Å². The van der Waals surface area contributed by atoms with Crippen LogP contribution in [0, 0.1) is 0 Å². The van der Waals surface area contributed by atoms with Crippen LogP contribution in [0.1, 0.15) is 26.2 Å². The quantitative estimate of drug-likeness (QED) is 0.498. The molecule has 1 nitrogen and oxygen atoms in total. The first-order valence-electron chi connectivity index (χ1n) is 3.15. The largest absolute Gasteiger partial charge is 0.236 e. The lowest BCUT2D eigenvalue weighted by molar-refractivity contribution is 0.199. The van der Waals surface area contributed by atoms with E-state index >= 15 is 0 Å². The Kier molecular flexibility index (Phi) is 6.45. The van der Waals surface area contributed by atoms with Crippen molar-refractivity contribution in [1.82, 2.24) is 0 Å². The second kappa shape index (κ2) is 6.70. The van der Waals surface area contributed by atoms with Crippen LogP contribution >= 0.6 is 0 Å². The van der Waals surface area contributed by atoms with Gasteiger partial charge in [-0.2, -0.15) is 0 Å². The molecule has 1 heteroatoms. The van der Waals surface area contributed by atoms with Gasteiger partial charge < -0.3 is 0 Å². The highest BCUT2D eigenvalue weighted by molar-refractivity contribution is 4.80. The molecule has 47 valence electrons. The Bertz CT molecular complexity index is 49.4. The molecule has 1 radical (unpaired) electrons. The van der Waals surface area contributed by atoms with Gasteiger partial charge in [-0.1, -0.05) is 25.5 Å². The van der Waals surface area contributed by atoms with E-state index in [2.05, 4.69) is 13.0 Å². The Morgan fingerprint density at radius 3 is 2.38 bits per heavy atom. The van der Waals surface area contributed by atoms with Gasteiger partial charge in [0.15, 0.2) is 0 Å². The van der Waals surface area contributed by atoms with Gasteiger partial charge in [0, 0.05) is 0 Å². The molecule has 0 rings (SSSR count).